The first-order chi connectivity index (χ1) is 12.4. The molecule has 7 heteroatoms. The summed E-state index contributed by atoms with van der Waals surface area (Å²) in [7, 11) is -3.25. The molecular formula is C19H29N3O3S. The number of hydrogen-bond acceptors (Lipinski definition) is 3. The van der Waals surface area contributed by atoms with Crippen LogP contribution in [-0.4, -0.2) is 50.8 Å². The van der Waals surface area contributed by atoms with Crippen LogP contribution in [0.1, 0.15) is 37.7 Å². The summed E-state index contributed by atoms with van der Waals surface area (Å²) in [5, 5.41) is 2.98. The zero-order chi connectivity index (χ0) is 18.6. The molecule has 0 atom stereocenters. The number of piperidine rings is 1. The predicted octanol–water partition coefficient (Wildman–Crippen LogP) is 2.12. The third-order valence-electron chi connectivity index (χ3n) is 5.32. The van der Waals surface area contributed by atoms with Gasteiger partial charge in [-0.3, -0.25) is 0 Å². The number of amides is 2. The molecule has 1 saturated heterocycles. The Bertz CT molecular complexity index is 709. The van der Waals surface area contributed by atoms with Crippen LogP contribution in [0, 0.1) is 5.92 Å². The Morgan fingerprint density at radius 1 is 1.19 bits per heavy atom. The van der Waals surface area contributed by atoms with Crippen molar-refractivity contribution in [3.8, 4) is 0 Å². The maximum atomic E-state index is 12.4. The summed E-state index contributed by atoms with van der Waals surface area (Å²) in [5.41, 5.74) is 0.822. The van der Waals surface area contributed by atoms with Crippen LogP contribution in [0.4, 0.5) is 4.79 Å². The molecule has 1 aliphatic carbocycles. The molecule has 1 saturated carbocycles. The van der Waals surface area contributed by atoms with Gasteiger partial charge in [-0.1, -0.05) is 43.2 Å². The lowest BCUT2D eigenvalue weighted by molar-refractivity contribution is 0.145. The average Bonchev–Trinajstić information content (AvgIpc) is 3.38. The number of urea groups is 1. The number of sulfonamides is 1. The van der Waals surface area contributed by atoms with E-state index < -0.39 is 10.0 Å². The second kappa shape index (κ2) is 7.96. The van der Waals surface area contributed by atoms with E-state index in [-0.39, 0.29) is 11.6 Å². The summed E-state index contributed by atoms with van der Waals surface area (Å²) in [5.74, 6) is 0.635. The van der Waals surface area contributed by atoms with E-state index in [1.165, 1.54) is 24.7 Å². The fourth-order valence-corrected chi connectivity index (χ4v) is 4.90. The second-order valence-corrected chi connectivity index (χ2v) is 9.51. The van der Waals surface area contributed by atoms with Crippen molar-refractivity contribution >= 4 is 16.1 Å². The van der Waals surface area contributed by atoms with E-state index in [2.05, 4.69) is 22.2 Å². The van der Waals surface area contributed by atoms with Crippen molar-refractivity contribution < 1.29 is 13.2 Å². The lowest BCUT2D eigenvalue weighted by Crippen LogP contribution is -2.57. The van der Waals surface area contributed by atoms with Crippen molar-refractivity contribution in [1.82, 2.24) is 14.9 Å². The Labute approximate surface area is 156 Å². The molecule has 26 heavy (non-hydrogen) atoms. The molecule has 0 aromatic heterocycles. The van der Waals surface area contributed by atoms with E-state index in [1.54, 1.807) is 4.90 Å². The summed E-state index contributed by atoms with van der Waals surface area (Å²) in [6.45, 7) is 1.78. The standard InChI is InChI=1S/C19H29N3O3S/c1-26(24,25)21-19(15-17-7-8-17)10-13-22(14-11-19)18(23)20-12-9-16-5-3-2-4-6-16/h2-6,17,21H,7-15H2,1H3,(H,20,23). The first kappa shape index (κ1) is 19.2. The highest BCUT2D eigenvalue weighted by molar-refractivity contribution is 7.88. The first-order valence-corrected chi connectivity index (χ1v) is 11.3. The zero-order valence-corrected chi connectivity index (χ0v) is 16.2. The first-order valence-electron chi connectivity index (χ1n) is 9.41. The molecule has 2 N–H and O–H groups in total. The number of hydrogen-bond donors (Lipinski definition) is 2. The Morgan fingerprint density at radius 3 is 2.42 bits per heavy atom. The lowest BCUT2D eigenvalue weighted by atomic mass is 9.84. The Morgan fingerprint density at radius 2 is 1.85 bits per heavy atom. The quantitative estimate of drug-likeness (QED) is 0.762. The second-order valence-electron chi connectivity index (χ2n) is 7.76. The van der Waals surface area contributed by atoms with Crippen LogP contribution in [0.3, 0.4) is 0 Å². The number of likely N-dealkylation sites (tertiary alicyclic amines) is 1. The van der Waals surface area contributed by atoms with Gasteiger partial charge >= 0.3 is 6.03 Å². The maximum absolute atomic E-state index is 12.4. The van der Waals surface area contributed by atoms with Gasteiger partial charge in [0.2, 0.25) is 10.0 Å². The number of benzene rings is 1. The Balaban J connectivity index is 1.48. The molecule has 1 heterocycles. The third kappa shape index (κ3) is 5.71. The van der Waals surface area contributed by atoms with Gasteiger partial charge in [-0.25, -0.2) is 17.9 Å². The average molecular weight is 380 g/mol. The van der Waals surface area contributed by atoms with Gasteiger partial charge in [0.1, 0.15) is 0 Å². The summed E-state index contributed by atoms with van der Waals surface area (Å²) in [6, 6.07) is 10.0. The molecule has 2 aliphatic rings. The highest BCUT2D eigenvalue weighted by Gasteiger charge is 2.42. The number of nitrogens with one attached hydrogen (secondary N) is 2. The molecule has 6 nitrogen and oxygen atoms in total. The van der Waals surface area contributed by atoms with Crippen molar-refractivity contribution in [1.29, 1.82) is 0 Å². The van der Waals surface area contributed by atoms with E-state index >= 15 is 0 Å². The van der Waals surface area contributed by atoms with E-state index in [9.17, 15) is 13.2 Å². The summed E-state index contributed by atoms with van der Waals surface area (Å²) >= 11 is 0. The molecular weight excluding hydrogens is 350 g/mol. The smallest absolute Gasteiger partial charge is 0.317 e. The Kier molecular flexibility index (Phi) is 5.87. The highest BCUT2D eigenvalue weighted by Crippen LogP contribution is 2.40. The van der Waals surface area contributed by atoms with Gasteiger partial charge in [0.05, 0.1) is 6.26 Å². The minimum absolute atomic E-state index is 0.0553. The molecule has 2 fully saturated rings. The number of nitrogens with zero attached hydrogens (tertiary/aromatic N) is 1. The van der Waals surface area contributed by atoms with Crippen molar-refractivity contribution in [2.75, 3.05) is 25.9 Å². The zero-order valence-electron chi connectivity index (χ0n) is 15.4. The molecule has 1 aromatic carbocycles. The van der Waals surface area contributed by atoms with Gasteiger partial charge in [0.15, 0.2) is 0 Å². The monoisotopic (exact) mass is 379 g/mol. The highest BCUT2D eigenvalue weighted by atomic mass is 32.2. The molecule has 0 unspecified atom stereocenters. The van der Waals surface area contributed by atoms with E-state index in [0.717, 1.165) is 12.8 Å². The predicted molar refractivity (Wildman–Crippen MR) is 102 cm³/mol. The number of carbonyl (C=O) groups excluding carboxylic acids is 1. The number of rotatable bonds is 7. The van der Waals surface area contributed by atoms with Crippen LogP contribution in [0.2, 0.25) is 0 Å². The molecule has 1 aliphatic heterocycles. The van der Waals surface area contributed by atoms with E-state index in [0.29, 0.717) is 38.4 Å². The van der Waals surface area contributed by atoms with Crippen LogP contribution in [0.15, 0.2) is 30.3 Å². The largest absolute Gasteiger partial charge is 0.338 e. The molecule has 3 rings (SSSR count). The van der Waals surface area contributed by atoms with Crippen LogP contribution >= 0.6 is 0 Å². The normalized spacial score (nSPS) is 20.0. The minimum atomic E-state index is -3.25. The van der Waals surface area contributed by atoms with E-state index in [1.807, 2.05) is 18.2 Å². The van der Waals surface area contributed by atoms with Crippen LogP contribution in [0.5, 0.6) is 0 Å². The molecule has 1 aromatic rings. The molecule has 0 radical (unpaired) electrons. The van der Waals surface area contributed by atoms with Crippen molar-refractivity contribution in [3.05, 3.63) is 35.9 Å². The van der Waals surface area contributed by atoms with Crippen LogP contribution in [0.25, 0.3) is 0 Å². The summed E-state index contributed by atoms with van der Waals surface area (Å²) in [6.07, 6.45) is 6.68. The minimum Gasteiger partial charge on any atom is -0.338 e. The Hall–Kier alpha value is -1.60. The van der Waals surface area contributed by atoms with Gasteiger partial charge in [-0.15, -0.1) is 0 Å². The van der Waals surface area contributed by atoms with Crippen LogP contribution in [-0.2, 0) is 16.4 Å². The van der Waals surface area contributed by atoms with E-state index in [4.69, 9.17) is 0 Å². The fourth-order valence-electron chi connectivity index (χ4n) is 3.82. The van der Waals surface area contributed by atoms with Gasteiger partial charge in [0, 0.05) is 25.2 Å². The SMILES string of the molecule is CS(=O)(=O)NC1(CC2CC2)CCN(C(=O)NCCc2ccccc2)CC1. The molecule has 0 bridgehead atoms. The van der Waals surface area contributed by atoms with Gasteiger partial charge in [-0.2, -0.15) is 0 Å². The van der Waals surface area contributed by atoms with Crippen LogP contribution < -0.4 is 10.0 Å². The van der Waals surface area contributed by atoms with Crippen molar-refractivity contribution in [3.63, 3.8) is 0 Å². The fraction of sp³-hybridized carbons (Fsp3) is 0.632. The summed E-state index contributed by atoms with van der Waals surface area (Å²) < 4.78 is 26.5. The van der Waals surface area contributed by atoms with Gasteiger partial charge in [-0.05, 0) is 37.2 Å². The molecule has 144 valence electrons. The maximum Gasteiger partial charge on any atom is 0.317 e. The van der Waals surface area contributed by atoms with Gasteiger partial charge in [0.25, 0.3) is 0 Å². The van der Waals surface area contributed by atoms with Crippen molar-refractivity contribution in [2.45, 2.75) is 44.1 Å². The summed E-state index contributed by atoms with van der Waals surface area (Å²) in [4.78, 5) is 14.2. The molecule has 0 spiro atoms. The van der Waals surface area contributed by atoms with Crippen molar-refractivity contribution in [2.24, 2.45) is 5.92 Å². The topological polar surface area (TPSA) is 78.5 Å². The lowest BCUT2D eigenvalue weighted by Gasteiger charge is -2.42. The molecule has 2 amide bonds. The number of carbonyl (C=O) groups is 1. The third-order valence-corrected chi connectivity index (χ3v) is 6.12. The van der Waals surface area contributed by atoms with Gasteiger partial charge < -0.3 is 10.2 Å².